The van der Waals surface area contributed by atoms with Gasteiger partial charge in [-0.05, 0) is 39.2 Å². The van der Waals surface area contributed by atoms with Crippen LogP contribution in [0.15, 0.2) is 24.8 Å². The van der Waals surface area contributed by atoms with E-state index in [-0.39, 0.29) is 5.97 Å². The average molecular weight is 406 g/mol. The van der Waals surface area contributed by atoms with Gasteiger partial charge >= 0.3 is 5.97 Å². The van der Waals surface area contributed by atoms with Gasteiger partial charge in [0.15, 0.2) is 0 Å². The third-order valence-corrected chi connectivity index (χ3v) is 4.62. The summed E-state index contributed by atoms with van der Waals surface area (Å²) < 4.78 is 34.6. The van der Waals surface area contributed by atoms with Crippen LogP contribution < -0.4 is 5.32 Å². The van der Waals surface area contributed by atoms with E-state index in [9.17, 15) is 18.0 Å². The van der Waals surface area contributed by atoms with Crippen LogP contribution in [0.2, 0.25) is 0 Å². The van der Waals surface area contributed by atoms with Gasteiger partial charge in [0.05, 0.1) is 17.9 Å². The number of unbranched alkanes of at least 4 members (excludes halogenated alkanes) is 1. The Hall–Kier alpha value is -1.67. The summed E-state index contributed by atoms with van der Waals surface area (Å²) in [5.41, 5.74) is -0.519. The molecule has 0 aliphatic heterocycles. The molecule has 8 heteroatoms. The van der Waals surface area contributed by atoms with E-state index in [1.807, 2.05) is 0 Å². The minimum Gasteiger partial charge on any atom is -0.462 e. The number of nitrogens with one attached hydrogen (secondary N) is 1. The monoisotopic (exact) mass is 405 g/mol. The van der Waals surface area contributed by atoms with Gasteiger partial charge in [-0.15, -0.1) is 0 Å². The molecular weight excluding hydrogens is 370 g/mol. The maximum Gasteiger partial charge on any atom is 0.333 e. The number of esters is 1. The van der Waals surface area contributed by atoms with Gasteiger partial charge in [0.2, 0.25) is 5.91 Å². The lowest BCUT2D eigenvalue weighted by molar-refractivity contribution is -0.140. The van der Waals surface area contributed by atoms with E-state index in [1.54, 1.807) is 6.92 Å². The fourth-order valence-electron chi connectivity index (χ4n) is 2.09. The first-order valence-electron chi connectivity index (χ1n) is 9.00. The third kappa shape index (κ3) is 17.5. The summed E-state index contributed by atoms with van der Waals surface area (Å²) >= 11 is 0. The lowest BCUT2D eigenvalue weighted by Crippen LogP contribution is -2.47. The Bertz CT molecular complexity index is 595. The largest absolute Gasteiger partial charge is 0.462 e. The second-order valence-corrected chi connectivity index (χ2v) is 8.55. The molecule has 0 aliphatic rings. The van der Waals surface area contributed by atoms with Gasteiger partial charge in [0.1, 0.15) is 0 Å². The van der Waals surface area contributed by atoms with E-state index in [4.69, 9.17) is 9.29 Å². The summed E-state index contributed by atoms with van der Waals surface area (Å²) in [6.07, 6.45) is 5.67. The van der Waals surface area contributed by atoms with Crippen LogP contribution in [-0.2, 0) is 24.4 Å². The minimum atomic E-state index is -4.08. The van der Waals surface area contributed by atoms with Gasteiger partial charge in [-0.1, -0.05) is 46.3 Å². The molecule has 0 saturated heterocycles. The summed E-state index contributed by atoms with van der Waals surface area (Å²) in [5, 5.41) is 2.37. The van der Waals surface area contributed by atoms with Crippen molar-refractivity contribution in [1.29, 1.82) is 0 Å². The molecule has 0 rings (SSSR count). The van der Waals surface area contributed by atoms with Crippen LogP contribution in [-0.4, -0.2) is 42.7 Å². The van der Waals surface area contributed by atoms with Crippen LogP contribution >= 0.6 is 0 Å². The Morgan fingerprint density at radius 2 is 1.85 bits per heavy atom. The highest BCUT2D eigenvalue weighted by Gasteiger charge is 2.25. The maximum absolute atomic E-state index is 11.1. The number of ether oxygens (including phenoxy) is 1. The lowest BCUT2D eigenvalue weighted by atomic mass is 10.0. The molecule has 158 valence electrons. The Balaban J connectivity index is 0. The van der Waals surface area contributed by atoms with Crippen LogP contribution in [0.5, 0.6) is 0 Å². The summed E-state index contributed by atoms with van der Waals surface area (Å²) in [5.74, 6) is -0.758. The quantitative estimate of drug-likeness (QED) is 0.310. The van der Waals surface area contributed by atoms with E-state index in [1.165, 1.54) is 26.7 Å². The predicted octanol–water partition coefficient (Wildman–Crippen LogP) is 3.28. The molecule has 0 saturated carbocycles. The SMILES string of the molecule is C=C(C)C(=O)OCC(CC)CCCC.C=CC(=O)NC(C)(C)CS(=O)(=O)O. The van der Waals surface area contributed by atoms with Gasteiger partial charge in [-0.3, -0.25) is 9.35 Å². The van der Waals surface area contributed by atoms with Crippen LogP contribution in [0, 0.1) is 5.92 Å². The highest BCUT2D eigenvalue weighted by molar-refractivity contribution is 7.85. The summed E-state index contributed by atoms with van der Waals surface area (Å²) in [6.45, 7) is 16.3. The average Bonchev–Trinajstić information content (AvgIpc) is 2.52. The topological polar surface area (TPSA) is 110 Å². The number of carbonyl (C=O) groups is 2. The second-order valence-electron chi connectivity index (χ2n) is 7.10. The van der Waals surface area contributed by atoms with E-state index in [0.29, 0.717) is 18.1 Å². The van der Waals surface area contributed by atoms with Gasteiger partial charge in [-0.2, -0.15) is 8.42 Å². The Kier molecular flexibility index (Phi) is 13.8. The molecular formula is C19H35NO6S. The Labute approximate surface area is 164 Å². The van der Waals surface area contributed by atoms with Crippen molar-refractivity contribution in [2.24, 2.45) is 5.92 Å². The molecule has 0 bridgehead atoms. The zero-order valence-electron chi connectivity index (χ0n) is 17.2. The zero-order chi connectivity index (χ0) is 21.7. The van der Waals surface area contributed by atoms with Gasteiger partial charge in [0, 0.05) is 5.57 Å². The van der Waals surface area contributed by atoms with Crippen LogP contribution in [0.1, 0.15) is 60.3 Å². The number of amides is 1. The first kappa shape index (κ1) is 27.5. The van der Waals surface area contributed by atoms with Crippen molar-refractivity contribution in [1.82, 2.24) is 5.32 Å². The van der Waals surface area contributed by atoms with Crippen molar-refractivity contribution in [2.75, 3.05) is 12.4 Å². The molecule has 7 nitrogen and oxygen atoms in total. The summed E-state index contributed by atoms with van der Waals surface area (Å²) in [4.78, 5) is 21.9. The minimum absolute atomic E-state index is 0.264. The molecule has 27 heavy (non-hydrogen) atoms. The molecule has 1 amide bonds. The standard InChI is InChI=1S/C12H22O2.C7H13NO4S/c1-5-7-8-11(6-2)9-14-12(13)10(3)4;1-4-6(9)8-7(2,3)5-13(10,11)12/h11H,3,5-9H2,1-2,4H3;4H,1,5H2,2-3H3,(H,8,9)(H,10,11,12). The number of hydrogen-bond donors (Lipinski definition) is 2. The molecule has 0 fully saturated rings. The number of rotatable bonds is 11. The molecule has 0 aliphatic carbocycles. The Morgan fingerprint density at radius 1 is 1.30 bits per heavy atom. The van der Waals surface area contributed by atoms with E-state index in [0.717, 1.165) is 18.9 Å². The van der Waals surface area contributed by atoms with Gasteiger partial charge in [0.25, 0.3) is 10.1 Å². The summed E-state index contributed by atoms with van der Waals surface area (Å²) in [6, 6.07) is 0. The van der Waals surface area contributed by atoms with Crippen molar-refractivity contribution < 1.29 is 27.3 Å². The second kappa shape index (κ2) is 13.5. The van der Waals surface area contributed by atoms with Crippen molar-refractivity contribution in [3.8, 4) is 0 Å². The fourth-order valence-corrected chi connectivity index (χ4v) is 3.08. The molecule has 0 radical (unpaired) electrons. The van der Waals surface area contributed by atoms with Crippen molar-refractivity contribution in [2.45, 2.75) is 65.8 Å². The maximum atomic E-state index is 11.1. The van der Waals surface area contributed by atoms with Gasteiger partial charge in [-0.25, -0.2) is 4.79 Å². The van der Waals surface area contributed by atoms with Crippen LogP contribution in [0.25, 0.3) is 0 Å². The molecule has 0 aromatic rings. The van der Waals surface area contributed by atoms with E-state index < -0.39 is 27.3 Å². The fraction of sp³-hybridized carbons (Fsp3) is 0.684. The molecule has 1 unspecified atom stereocenters. The van der Waals surface area contributed by atoms with Crippen LogP contribution in [0.4, 0.5) is 0 Å². The lowest BCUT2D eigenvalue weighted by Gasteiger charge is -2.23. The first-order valence-corrected chi connectivity index (χ1v) is 10.6. The molecule has 0 aromatic carbocycles. The smallest absolute Gasteiger partial charge is 0.333 e. The van der Waals surface area contributed by atoms with Gasteiger partial charge < -0.3 is 10.1 Å². The first-order chi connectivity index (χ1) is 12.3. The highest BCUT2D eigenvalue weighted by atomic mass is 32.2. The normalized spacial score (nSPS) is 12.2. The molecule has 1 atom stereocenters. The van der Waals surface area contributed by atoms with E-state index >= 15 is 0 Å². The van der Waals surface area contributed by atoms with Crippen molar-refractivity contribution >= 4 is 22.0 Å². The van der Waals surface area contributed by atoms with Crippen molar-refractivity contribution in [3.05, 3.63) is 24.8 Å². The molecule has 0 aromatic heterocycles. The number of carbonyl (C=O) groups excluding carboxylic acids is 2. The van der Waals surface area contributed by atoms with Crippen LogP contribution in [0.3, 0.4) is 0 Å². The molecule has 0 heterocycles. The Morgan fingerprint density at radius 3 is 2.22 bits per heavy atom. The molecule has 2 N–H and O–H groups in total. The predicted molar refractivity (Wildman–Crippen MR) is 108 cm³/mol. The summed E-state index contributed by atoms with van der Waals surface area (Å²) in [7, 11) is -4.08. The third-order valence-electron chi connectivity index (χ3n) is 3.53. The zero-order valence-corrected chi connectivity index (χ0v) is 18.0. The number of hydrogen-bond acceptors (Lipinski definition) is 5. The van der Waals surface area contributed by atoms with Crippen molar-refractivity contribution in [3.63, 3.8) is 0 Å². The van der Waals surface area contributed by atoms with E-state index in [2.05, 4.69) is 32.3 Å². The molecule has 0 spiro atoms. The highest BCUT2D eigenvalue weighted by Crippen LogP contribution is 2.13.